The van der Waals surface area contributed by atoms with E-state index >= 15 is 0 Å². The highest BCUT2D eigenvalue weighted by Crippen LogP contribution is 2.44. The summed E-state index contributed by atoms with van der Waals surface area (Å²) in [5.74, 6) is -8.32. The van der Waals surface area contributed by atoms with Gasteiger partial charge in [0.2, 0.25) is 0 Å². The zero-order chi connectivity index (χ0) is 26.2. The number of fused-ring (bicyclic) bond motifs is 1. The Labute approximate surface area is 208 Å². The van der Waals surface area contributed by atoms with Crippen LogP contribution in [-0.4, -0.2) is 21.1 Å². The van der Waals surface area contributed by atoms with E-state index in [1.54, 1.807) is 18.2 Å². The molecule has 1 unspecified atom stereocenters. The zero-order valence-electron chi connectivity index (χ0n) is 20.3. The fraction of sp³-hybridized carbons (Fsp3) is 0.500. The van der Waals surface area contributed by atoms with E-state index < -0.39 is 67.9 Å². The number of hydrogen-bond acceptors (Lipinski definition) is 4. The molecule has 0 spiro atoms. The van der Waals surface area contributed by atoms with Crippen LogP contribution in [0.25, 0.3) is 0 Å². The van der Waals surface area contributed by atoms with Gasteiger partial charge in [-0.15, -0.1) is 0 Å². The Hall–Kier alpha value is -2.62. The molecule has 2 aliphatic rings. The van der Waals surface area contributed by atoms with Gasteiger partial charge in [-0.05, 0) is 43.9 Å². The molecule has 0 aromatic heterocycles. The van der Waals surface area contributed by atoms with E-state index in [0.29, 0.717) is 29.8 Å². The lowest BCUT2D eigenvalue weighted by Gasteiger charge is -2.38. The van der Waals surface area contributed by atoms with E-state index in [1.807, 2.05) is 6.92 Å². The molecule has 10 heteroatoms. The molecule has 1 heterocycles. The molecule has 5 nitrogen and oxygen atoms in total. The number of halogens is 4. The average molecular weight is 528 g/mol. The zero-order valence-corrected chi connectivity index (χ0v) is 21.1. The lowest BCUT2D eigenvalue weighted by molar-refractivity contribution is 0.0462. The number of amides is 1. The van der Waals surface area contributed by atoms with Gasteiger partial charge < -0.3 is 4.74 Å². The number of benzene rings is 2. The van der Waals surface area contributed by atoms with Gasteiger partial charge in [0, 0.05) is 29.2 Å². The minimum Gasteiger partial charge on any atom is -0.441 e. The Balaban J connectivity index is 1.67. The third-order valence-electron chi connectivity index (χ3n) is 6.99. The molecule has 1 aliphatic carbocycles. The second-order valence-electron chi connectivity index (χ2n) is 9.64. The summed E-state index contributed by atoms with van der Waals surface area (Å²) < 4.78 is 88.1. The largest absolute Gasteiger partial charge is 0.441 e. The van der Waals surface area contributed by atoms with Gasteiger partial charge in [-0.25, -0.2) is 30.8 Å². The first-order valence-electron chi connectivity index (χ1n) is 12.2. The Bertz CT molecular complexity index is 1250. The third-order valence-corrected chi connectivity index (χ3v) is 8.49. The van der Waals surface area contributed by atoms with Crippen molar-refractivity contribution in [3.05, 3.63) is 63.7 Å². The van der Waals surface area contributed by atoms with E-state index in [1.165, 1.54) is 4.90 Å². The molecule has 196 valence electrons. The smallest absolute Gasteiger partial charge is 0.414 e. The number of cyclic esters (lactones) is 1. The Kier molecular flexibility index (Phi) is 7.64. The van der Waals surface area contributed by atoms with Crippen molar-refractivity contribution >= 4 is 21.6 Å². The molecule has 1 aliphatic heterocycles. The van der Waals surface area contributed by atoms with Crippen molar-refractivity contribution in [2.75, 3.05) is 11.4 Å². The summed E-state index contributed by atoms with van der Waals surface area (Å²) in [6, 6.07) is 4.86. The van der Waals surface area contributed by atoms with E-state index in [4.69, 9.17) is 4.74 Å². The third kappa shape index (κ3) is 5.10. The van der Waals surface area contributed by atoms with Crippen molar-refractivity contribution in [2.45, 2.75) is 70.0 Å². The lowest BCUT2D eigenvalue weighted by atomic mass is 9.81. The summed E-state index contributed by atoms with van der Waals surface area (Å²) in [6.45, 7) is 3.24. The van der Waals surface area contributed by atoms with Crippen LogP contribution in [-0.2, 0) is 26.1 Å². The number of hydrogen-bond donors (Lipinski definition) is 0. The molecule has 2 aromatic carbocycles. The Morgan fingerprint density at radius 3 is 2.22 bits per heavy atom. The van der Waals surface area contributed by atoms with Crippen LogP contribution in [0.4, 0.5) is 28.0 Å². The van der Waals surface area contributed by atoms with Gasteiger partial charge in [0.15, 0.2) is 33.1 Å². The molecule has 0 N–H and O–H groups in total. The van der Waals surface area contributed by atoms with Crippen molar-refractivity contribution in [3.63, 3.8) is 0 Å². The fourth-order valence-electron chi connectivity index (χ4n) is 5.16. The second-order valence-corrected chi connectivity index (χ2v) is 11.7. The van der Waals surface area contributed by atoms with Gasteiger partial charge >= 0.3 is 6.09 Å². The standard InChI is InChI=1S/C26H29F4NO4S/c1-3-11-31-20-10-9-16(12-18(20)25(35-26(31)32)17-7-5-4-6-8-17)13-36(33,34)14-19-23(29)21(27)15(2)22(28)24(19)30/h9-10,12,17,25H,3-8,11,13-14H2,1-2H3. The molecule has 0 bridgehead atoms. The number of anilines is 1. The number of carbonyl (C=O) groups is 1. The molecule has 1 saturated carbocycles. The van der Waals surface area contributed by atoms with E-state index in [9.17, 15) is 30.8 Å². The van der Waals surface area contributed by atoms with Gasteiger partial charge in [0.05, 0.1) is 17.2 Å². The van der Waals surface area contributed by atoms with Gasteiger partial charge in [-0.3, -0.25) is 4.90 Å². The summed E-state index contributed by atoms with van der Waals surface area (Å²) in [4.78, 5) is 14.3. The highest BCUT2D eigenvalue weighted by Gasteiger charge is 2.38. The maximum Gasteiger partial charge on any atom is 0.414 e. The van der Waals surface area contributed by atoms with Crippen LogP contribution in [0.2, 0.25) is 0 Å². The van der Waals surface area contributed by atoms with Crippen LogP contribution in [0.5, 0.6) is 0 Å². The Morgan fingerprint density at radius 1 is 0.972 bits per heavy atom. The highest BCUT2D eigenvalue weighted by molar-refractivity contribution is 7.89. The molecule has 1 amide bonds. The first-order chi connectivity index (χ1) is 17.0. The second kappa shape index (κ2) is 10.4. The summed E-state index contributed by atoms with van der Waals surface area (Å²) in [5, 5.41) is 0. The summed E-state index contributed by atoms with van der Waals surface area (Å²) in [5.41, 5.74) is -0.313. The van der Waals surface area contributed by atoms with E-state index in [2.05, 4.69) is 0 Å². The van der Waals surface area contributed by atoms with Gasteiger partial charge in [0.1, 0.15) is 6.10 Å². The molecule has 1 atom stereocenters. The summed E-state index contributed by atoms with van der Waals surface area (Å²) in [6.07, 6.45) is 4.65. The van der Waals surface area contributed by atoms with Crippen LogP contribution in [0.1, 0.15) is 73.8 Å². The monoisotopic (exact) mass is 527 g/mol. The first-order valence-corrected chi connectivity index (χ1v) is 14.0. The fourth-order valence-corrected chi connectivity index (χ4v) is 6.65. The minimum absolute atomic E-state index is 0.110. The van der Waals surface area contributed by atoms with Crippen LogP contribution in [0.3, 0.4) is 0 Å². The lowest BCUT2D eigenvalue weighted by Crippen LogP contribution is -2.40. The number of ether oxygens (including phenoxy) is 1. The average Bonchev–Trinajstić information content (AvgIpc) is 2.86. The molecule has 2 aromatic rings. The van der Waals surface area contributed by atoms with E-state index in [0.717, 1.165) is 39.0 Å². The predicted octanol–water partition coefficient (Wildman–Crippen LogP) is 6.65. The first kappa shape index (κ1) is 26.4. The summed E-state index contributed by atoms with van der Waals surface area (Å²) in [7, 11) is -4.22. The van der Waals surface area contributed by atoms with Crippen molar-refractivity contribution < 1.29 is 35.5 Å². The van der Waals surface area contributed by atoms with Gasteiger partial charge in [0.25, 0.3) is 0 Å². The maximum absolute atomic E-state index is 14.3. The topological polar surface area (TPSA) is 63.7 Å². The predicted molar refractivity (Wildman–Crippen MR) is 127 cm³/mol. The molecule has 4 rings (SSSR count). The van der Waals surface area contributed by atoms with Crippen LogP contribution >= 0.6 is 0 Å². The van der Waals surface area contributed by atoms with Crippen molar-refractivity contribution in [2.24, 2.45) is 5.92 Å². The summed E-state index contributed by atoms with van der Waals surface area (Å²) >= 11 is 0. The molecule has 0 saturated heterocycles. The minimum atomic E-state index is -4.22. The Morgan fingerprint density at radius 2 is 1.61 bits per heavy atom. The normalized spacial score (nSPS) is 18.8. The van der Waals surface area contributed by atoms with Gasteiger partial charge in [-0.2, -0.15) is 0 Å². The molecular weight excluding hydrogens is 498 g/mol. The number of carbonyl (C=O) groups excluding carboxylic acids is 1. The SMILES string of the molecule is CCCN1C(=O)OC(C2CCCCC2)c2cc(CS(=O)(=O)Cc3c(F)c(F)c(C)c(F)c3F)ccc21. The molecule has 36 heavy (non-hydrogen) atoms. The molecule has 1 fully saturated rings. The van der Waals surface area contributed by atoms with Crippen LogP contribution in [0, 0.1) is 36.1 Å². The van der Waals surface area contributed by atoms with Crippen molar-refractivity contribution in [1.82, 2.24) is 0 Å². The van der Waals surface area contributed by atoms with Crippen molar-refractivity contribution in [3.8, 4) is 0 Å². The van der Waals surface area contributed by atoms with Crippen molar-refractivity contribution in [1.29, 1.82) is 0 Å². The molecule has 0 radical (unpaired) electrons. The molecular formula is C26H29F4NO4S. The number of nitrogens with zero attached hydrogens (tertiary/aromatic N) is 1. The number of rotatable bonds is 7. The van der Waals surface area contributed by atoms with Gasteiger partial charge in [-0.1, -0.05) is 32.3 Å². The van der Waals surface area contributed by atoms with E-state index in [-0.39, 0.29) is 5.92 Å². The number of sulfone groups is 1. The van der Waals surface area contributed by atoms with Crippen LogP contribution < -0.4 is 4.90 Å². The maximum atomic E-state index is 14.3. The highest BCUT2D eigenvalue weighted by atomic mass is 32.2. The van der Waals surface area contributed by atoms with Crippen LogP contribution in [0.15, 0.2) is 18.2 Å². The quantitative estimate of drug-likeness (QED) is 0.299.